The minimum absolute atomic E-state index is 0.173. The van der Waals surface area contributed by atoms with Gasteiger partial charge in [0.05, 0.1) is 0 Å². The highest BCUT2D eigenvalue weighted by atomic mass is 19.1. The van der Waals surface area contributed by atoms with Crippen LogP contribution in [-0.2, 0) is 6.42 Å². The van der Waals surface area contributed by atoms with E-state index >= 15 is 0 Å². The Morgan fingerprint density at radius 3 is 2.74 bits per heavy atom. The first kappa shape index (κ1) is 13.4. The molecule has 1 atom stereocenters. The number of hydrogen-bond donors (Lipinski definition) is 2. The fraction of sp³-hybridized carbons (Fsp3) is 0.214. The molecular formula is C14H15F2N3. The first-order valence-corrected chi connectivity index (χ1v) is 5.93. The van der Waals surface area contributed by atoms with Gasteiger partial charge < -0.3 is 11.1 Å². The molecule has 0 fully saturated rings. The van der Waals surface area contributed by atoms with Crippen molar-refractivity contribution in [2.75, 3.05) is 12.8 Å². The number of aromatic nitrogens is 1. The van der Waals surface area contributed by atoms with E-state index < -0.39 is 11.6 Å². The highest BCUT2D eigenvalue weighted by Gasteiger charge is 2.15. The molecule has 1 aromatic heterocycles. The molecule has 0 aliphatic rings. The number of likely N-dealkylation sites (N-methyl/N-ethyl adjacent to an activating group) is 1. The van der Waals surface area contributed by atoms with Gasteiger partial charge >= 0.3 is 0 Å². The van der Waals surface area contributed by atoms with Crippen molar-refractivity contribution < 1.29 is 8.78 Å². The van der Waals surface area contributed by atoms with Crippen LogP contribution < -0.4 is 11.1 Å². The second kappa shape index (κ2) is 5.75. The fourth-order valence-corrected chi connectivity index (χ4v) is 2.00. The lowest BCUT2D eigenvalue weighted by Gasteiger charge is -2.18. The van der Waals surface area contributed by atoms with Crippen LogP contribution in [0.3, 0.4) is 0 Å². The van der Waals surface area contributed by atoms with Crippen LogP contribution in [0.5, 0.6) is 0 Å². The van der Waals surface area contributed by atoms with E-state index in [1.165, 1.54) is 12.1 Å². The molecule has 0 aliphatic carbocycles. The minimum atomic E-state index is -0.580. The van der Waals surface area contributed by atoms with Gasteiger partial charge in [-0.1, -0.05) is 12.1 Å². The molecule has 5 heteroatoms. The molecule has 3 N–H and O–H groups in total. The Morgan fingerprint density at radius 2 is 2.11 bits per heavy atom. The van der Waals surface area contributed by atoms with Gasteiger partial charge in [0.15, 0.2) is 0 Å². The highest BCUT2D eigenvalue weighted by Crippen LogP contribution is 2.23. The van der Waals surface area contributed by atoms with E-state index in [0.29, 0.717) is 17.8 Å². The van der Waals surface area contributed by atoms with Gasteiger partial charge in [0.25, 0.3) is 0 Å². The molecule has 0 spiro atoms. The van der Waals surface area contributed by atoms with Crippen molar-refractivity contribution in [1.82, 2.24) is 10.3 Å². The zero-order valence-corrected chi connectivity index (χ0v) is 10.5. The number of nitrogens with one attached hydrogen (secondary N) is 1. The van der Waals surface area contributed by atoms with Gasteiger partial charge in [0.1, 0.15) is 17.5 Å². The fourth-order valence-electron chi connectivity index (χ4n) is 2.00. The molecule has 0 amide bonds. The molecule has 1 heterocycles. The van der Waals surface area contributed by atoms with Gasteiger partial charge in [0.2, 0.25) is 0 Å². The van der Waals surface area contributed by atoms with Gasteiger partial charge in [-0.3, -0.25) is 0 Å². The van der Waals surface area contributed by atoms with Crippen molar-refractivity contribution in [3.05, 3.63) is 59.3 Å². The maximum Gasteiger partial charge on any atom is 0.129 e. The number of anilines is 1. The zero-order chi connectivity index (χ0) is 13.8. The summed E-state index contributed by atoms with van der Waals surface area (Å²) in [6, 6.07) is 7.02. The van der Waals surface area contributed by atoms with E-state index in [-0.39, 0.29) is 6.04 Å². The van der Waals surface area contributed by atoms with E-state index in [2.05, 4.69) is 10.3 Å². The Bertz CT molecular complexity index is 572. The SMILES string of the molecule is CNC(Cc1ccc(F)cc1F)c1cccnc1N. The number of hydrogen-bond acceptors (Lipinski definition) is 3. The molecule has 0 radical (unpaired) electrons. The molecule has 0 bridgehead atoms. The van der Waals surface area contributed by atoms with Gasteiger partial charge in [-0.15, -0.1) is 0 Å². The maximum absolute atomic E-state index is 13.6. The minimum Gasteiger partial charge on any atom is -0.383 e. The van der Waals surface area contributed by atoms with Crippen molar-refractivity contribution in [2.24, 2.45) is 0 Å². The summed E-state index contributed by atoms with van der Waals surface area (Å²) in [4.78, 5) is 4.01. The number of benzene rings is 1. The first-order chi connectivity index (χ1) is 9.11. The molecule has 0 saturated heterocycles. The second-order valence-electron chi connectivity index (χ2n) is 4.26. The van der Waals surface area contributed by atoms with E-state index in [1.54, 1.807) is 19.3 Å². The predicted molar refractivity (Wildman–Crippen MR) is 70.5 cm³/mol. The molecule has 3 nitrogen and oxygen atoms in total. The van der Waals surface area contributed by atoms with Gasteiger partial charge in [-0.2, -0.15) is 0 Å². The molecule has 100 valence electrons. The Hall–Kier alpha value is -2.01. The van der Waals surface area contributed by atoms with Crippen LogP contribution in [0.25, 0.3) is 0 Å². The normalized spacial score (nSPS) is 12.4. The maximum atomic E-state index is 13.6. The topological polar surface area (TPSA) is 50.9 Å². The molecule has 19 heavy (non-hydrogen) atoms. The lowest BCUT2D eigenvalue weighted by molar-refractivity contribution is 0.541. The van der Waals surface area contributed by atoms with Gasteiger partial charge in [-0.25, -0.2) is 13.8 Å². The Balaban J connectivity index is 2.27. The molecule has 1 aromatic carbocycles. The van der Waals surface area contributed by atoms with E-state index in [4.69, 9.17) is 5.73 Å². The Morgan fingerprint density at radius 1 is 1.32 bits per heavy atom. The molecule has 0 saturated carbocycles. The average molecular weight is 263 g/mol. The van der Waals surface area contributed by atoms with Crippen LogP contribution >= 0.6 is 0 Å². The molecule has 2 aromatic rings. The van der Waals surface area contributed by atoms with Gasteiger partial charge in [-0.05, 0) is 31.2 Å². The van der Waals surface area contributed by atoms with Crippen LogP contribution in [0.15, 0.2) is 36.5 Å². The third-order valence-electron chi connectivity index (χ3n) is 3.03. The van der Waals surface area contributed by atoms with Crippen LogP contribution in [-0.4, -0.2) is 12.0 Å². The Kier molecular flexibility index (Phi) is 4.06. The molecule has 2 rings (SSSR count). The summed E-state index contributed by atoms with van der Waals surface area (Å²) < 4.78 is 26.5. The number of nitrogens with zero attached hydrogens (tertiary/aromatic N) is 1. The summed E-state index contributed by atoms with van der Waals surface area (Å²) in [5, 5.41) is 3.07. The monoisotopic (exact) mass is 263 g/mol. The summed E-state index contributed by atoms with van der Waals surface area (Å²) in [6.45, 7) is 0. The third-order valence-corrected chi connectivity index (χ3v) is 3.03. The molecule has 1 unspecified atom stereocenters. The number of nitrogen functional groups attached to an aromatic ring is 1. The van der Waals surface area contributed by atoms with E-state index in [9.17, 15) is 8.78 Å². The van der Waals surface area contributed by atoms with Crippen LogP contribution in [0.4, 0.5) is 14.6 Å². The van der Waals surface area contributed by atoms with Crippen molar-refractivity contribution >= 4 is 5.82 Å². The first-order valence-electron chi connectivity index (χ1n) is 5.93. The summed E-state index contributed by atoms with van der Waals surface area (Å²) in [5.74, 6) is -0.727. The van der Waals surface area contributed by atoms with Crippen LogP contribution in [0, 0.1) is 11.6 Å². The van der Waals surface area contributed by atoms with Crippen molar-refractivity contribution in [1.29, 1.82) is 0 Å². The third kappa shape index (κ3) is 3.06. The predicted octanol–water partition coefficient (Wildman–Crippen LogP) is 2.45. The average Bonchev–Trinajstić information content (AvgIpc) is 2.39. The summed E-state index contributed by atoms with van der Waals surface area (Å²) in [6.07, 6.45) is 1.97. The van der Waals surface area contributed by atoms with Crippen molar-refractivity contribution in [3.8, 4) is 0 Å². The largest absolute Gasteiger partial charge is 0.383 e. The number of rotatable bonds is 4. The quantitative estimate of drug-likeness (QED) is 0.890. The summed E-state index contributed by atoms with van der Waals surface area (Å²) >= 11 is 0. The standard InChI is InChI=1S/C14H15F2N3/c1-18-13(11-3-2-6-19-14(11)17)7-9-4-5-10(15)8-12(9)16/h2-6,8,13,18H,7H2,1H3,(H2,17,19). The number of pyridine rings is 1. The second-order valence-corrected chi connectivity index (χ2v) is 4.26. The van der Waals surface area contributed by atoms with Crippen molar-refractivity contribution in [3.63, 3.8) is 0 Å². The van der Waals surface area contributed by atoms with E-state index in [1.807, 2.05) is 6.07 Å². The van der Waals surface area contributed by atoms with Crippen LogP contribution in [0.1, 0.15) is 17.2 Å². The summed E-state index contributed by atoms with van der Waals surface area (Å²) in [5.41, 5.74) is 7.04. The Labute approximate surface area is 110 Å². The molecule has 0 aliphatic heterocycles. The number of halogens is 2. The summed E-state index contributed by atoms with van der Waals surface area (Å²) in [7, 11) is 1.76. The number of nitrogens with two attached hydrogens (primary N) is 1. The van der Waals surface area contributed by atoms with Crippen molar-refractivity contribution in [2.45, 2.75) is 12.5 Å². The van der Waals surface area contributed by atoms with Gasteiger partial charge in [0, 0.05) is 23.9 Å². The zero-order valence-electron chi connectivity index (χ0n) is 10.5. The highest BCUT2D eigenvalue weighted by molar-refractivity contribution is 5.41. The smallest absolute Gasteiger partial charge is 0.129 e. The molecular weight excluding hydrogens is 248 g/mol. The lowest BCUT2D eigenvalue weighted by atomic mass is 9.99. The van der Waals surface area contributed by atoms with Crippen LogP contribution in [0.2, 0.25) is 0 Å². The lowest BCUT2D eigenvalue weighted by Crippen LogP contribution is -2.21. The van der Waals surface area contributed by atoms with E-state index in [0.717, 1.165) is 11.6 Å².